The minimum absolute atomic E-state index is 0.208. The molecule has 1 fully saturated rings. The molecule has 1 amide bonds. The van der Waals surface area contributed by atoms with Crippen LogP contribution in [-0.4, -0.2) is 51.7 Å². The number of hydrogen-bond donors (Lipinski definition) is 0. The number of amides is 1. The molecule has 28 heavy (non-hydrogen) atoms. The van der Waals surface area contributed by atoms with Crippen LogP contribution in [0.15, 0.2) is 53.5 Å². The van der Waals surface area contributed by atoms with Crippen LogP contribution in [0.5, 0.6) is 0 Å². The Labute approximate surface area is 168 Å². The van der Waals surface area contributed by atoms with Gasteiger partial charge in [0.15, 0.2) is 0 Å². The molecule has 4 rings (SSSR count). The predicted octanol–water partition coefficient (Wildman–Crippen LogP) is 3.35. The molecule has 0 bridgehead atoms. The molecule has 3 aromatic rings. The number of thiophene rings is 1. The van der Waals surface area contributed by atoms with E-state index in [2.05, 4.69) is 10.00 Å². The first-order chi connectivity index (χ1) is 13.7. The zero-order chi connectivity index (χ0) is 19.3. The molecule has 0 N–H and O–H groups in total. The smallest absolute Gasteiger partial charge is 0.227 e. The van der Waals surface area contributed by atoms with Crippen molar-refractivity contribution in [3.05, 3.63) is 70.4 Å². The van der Waals surface area contributed by atoms with Crippen LogP contribution >= 0.6 is 11.3 Å². The lowest BCUT2D eigenvalue weighted by molar-refractivity contribution is -0.130. The van der Waals surface area contributed by atoms with E-state index in [-0.39, 0.29) is 11.7 Å². The molecule has 0 aliphatic carbocycles. The molecule has 0 spiro atoms. The highest BCUT2D eigenvalue weighted by molar-refractivity contribution is 7.08. The van der Waals surface area contributed by atoms with Crippen LogP contribution in [0, 0.1) is 5.82 Å². The molecule has 0 unspecified atom stereocenters. The Kier molecular flexibility index (Phi) is 5.83. The summed E-state index contributed by atoms with van der Waals surface area (Å²) in [6.07, 6.45) is 5.23. The van der Waals surface area contributed by atoms with Crippen LogP contribution in [0.3, 0.4) is 0 Å². The number of carbonyl (C=O) groups is 1. The van der Waals surface area contributed by atoms with E-state index in [4.69, 9.17) is 0 Å². The summed E-state index contributed by atoms with van der Waals surface area (Å²) in [5, 5.41) is 8.41. The summed E-state index contributed by atoms with van der Waals surface area (Å²) < 4.78 is 15.1. The van der Waals surface area contributed by atoms with Gasteiger partial charge in [0, 0.05) is 44.5 Å². The van der Waals surface area contributed by atoms with Crippen LogP contribution in [0.1, 0.15) is 17.5 Å². The van der Waals surface area contributed by atoms with E-state index < -0.39 is 0 Å². The minimum Gasteiger partial charge on any atom is -0.341 e. The van der Waals surface area contributed by atoms with Crippen molar-refractivity contribution < 1.29 is 9.18 Å². The maximum Gasteiger partial charge on any atom is 0.227 e. The highest BCUT2D eigenvalue weighted by Gasteiger charge is 2.20. The van der Waals surface area contributed by atoms with Crippen LogP contribution in [-0.2, 0) is 17.8 Å². The van der Waals surface area contributed by atoms with E-state index in [1.807, 2.05) is 40.2 Å². The third kappa shape index (κ3) is 4.66. The Balaban J connectivity index is 1.33. The zero-order valence-electron chi connectivity index (χ0n) is 15.6. The summed E-state index contributed by atoms with van der Waals surface area (Å²) in [7, 11) is 0. The molecule has 1 aromatic carbocycles. The second-order valence-electron chi connectivity index (χ2n) is 7.09. The summed E-state index contributed by atoms with van der Waals surface area (Å²) in [4.78, 5) is 16.9. The summed E-state index contributed by atoms with van der Waals surface area (Å²) in [5.74, 6) is -0.0616. The molecule has 0 saturated carbocycles. The quantitative estimate of drug-likeness (QED) is 0.662. The molecule has 146 valence electrons. The zero-order valence-corrected chi connectivity index (χ0v) is 16.4. The molecule has 0 radical (unpaired) electrons. The van der Waals surface area contributed by atoms with E-state index in [9.17, 15) is 9.18 Å². The molecule has 3 heterocycles. The van der Waals surface area contributed by atoms with Gasteiger partial charge in [0.25, 0.3) is 0 Å². The SMILES string of the molecule is O=C(Cc1ccsc1)N1CCCN(Cc2cnn(-c3cccc(F)c3)c2)CC1. The second kappa shape index (κ2) is 8.67. The lowest BCUT2D eigenvalue weighted by Crippen LogP contribution is -2.35. The van der Waals surface area contributed by atoms with Crippen molar-refractivity contribution in [1.82, 2.24) is 19.6 Å². The van der Waals surface area contributed by atoms with Crippen LogP contribution in [0.25, 0.3) is 5.69 Å². The molecule has 1 aliphatic rings. The molecule has 1 aliphatic heterocycles. The fraction of sp³-hybridized carbons (Fsp3) is 0.333. The van der Waals surface area contributed by atoms with Crippen molar-refractivity contribution in [2.75, 3.05) is 26.2 Å². The number of rotatable bonds is 5. The number of hydrogen-bond acceptors (Lipinski definition) is 4. The van der Waals surface area contributed by atoms with Crippen molar-refractivity contribution in [3.63, 3.8) is 0 Å². The van der Waals surface area contributed by atoms with Gasteiger partial charge in [-0.05, 0) is 47.0 Å². The van der Waals surface area contributed by atoms with Gasteiger partial charge >= 0.3 is 0 Å². The minimum atomic E-state index is -0.269. The van der Waals surface area contributed by atoms with Gasteiger partial charge in [-0.25, -0.2) is 9.07 Å². The highest BCUT2D eigenvalue weighted by atomic mass is 32.1. The summed E-state index contributed by atoms with van der Waals surface area (Å²) in [6.45, 7) is 4.14. The molecule has 2 aromatic heterocycles. The standard InChI is InChI=1S/C21H23FN4OS/c22-19-3-1-4-20(12-19)26-15-18(13-23-26)14-24-6-2-7-25(9-8-24)21(27)11-17-5-10-28-16-17/h1,3-5,10,12-13,15-16H,2,6-9,11,14H2. The predicted molar refractivity (Wildman–Crippen MR) is 108 cm³/mol. The Hall–Kier alpha value is -2.51. The van der Waals surface area contributed by atoms with Crippen molar-refractivity contribution >= 4 is 17.2 Å². The van der Waals surface area contributed by atoms with Gasteiger partial charge < -0.3 is 4.90 Å². The molecular formula is C21H23FN4OS. The first-order valence-corrected chi connectivity index (χ1v) is 10.4. The van der Waals surface area contributed by atoms with E-state index in [0.717, 1.165) is 50.3 Å². The van der Waals surface area contributed by atoms with E-state index in [1.54, 1.807) is 22.1 Å². The Morgan fingerprint density at radius 3 is 2.89 bits per heavy atom. The molecule has 0 atom stereocenters. The lowest BCUT2D eigenvalue weighted by Gasteiger charge is -2.21. The summed E-state index contributed by atoms with van der Waals surface area (Å²) >= 11 is 1.63. The maximum absolute atomic E-state index is 13.4. The van der Waals surface area contributed by atoms with Gasteiger partial charge in [0.1, 0.15) is 5.82 Å². The average Bonchev–Trinajstić information content (AvgIpc) is 3.30. The Bertz CT molecular complexity index is 924. The van der Waals surface area contributed by atoms with Crippen LogP contribution < -0.4 is 0 Å². The highest BCUT2D eigenvalue weighted by Crippen LogP contribution is 2.14. The van der Waals surface area contributed by atoms with Crippen molar-refractivity contribution in [2.24, 2.45) is 0 Å². The van der Waals surface area contributed by atoms with E-state index in [1.165, 1.54) is 12.1 Å². The molecule has 7 heteroatoms. The van der Waals surface area contributed by atoms with Gasteiger partial charge in [-0.3, -0.25) is 9.69 Å². The molecule has 5 nitrogen and oxygen atoms in total. The fourth-order valence-corrected chi connectivity index (χ4v) is 4.19. The first kappa shape index (κ1) is 18.8. The van der Waals surface area contributed by atoms with Gasteiger partial charge in [0.05, 0.1) is 18.3 Å². The van der Waals surface area contributed by atoms with Gasteiger partial charge in [-0.1, -0.05) is 6.07 Å². The third-order valence-electron chi connectivity index (χ3n) is 4.99. The van der Waals surface area contributed by atoms with Gasteiger partial charge in [-0.15, -0.1) is 0 Å². The lowest BCUT2D eigenvalue weighted by atomic mass is 10.2. The Morgan fingerprint density at radius 2 is 2.07 bits per heavy atom. The third-order valence-corrected chi connectivity index (χ3v) is 5.72. The number of carbonyl (C=O) groups excluding carboxylic acids is 1. The number of aromatic nitrogens is 2. The second-order valence-corrected chi connectivity index (χ2v) is 7.87. The van der Waals surface area contributed by atoms with Crippen molar-refractivity contribution in [1.29, 1.82) is 0 Å². The topological polar surface area (TPSA) is 41.4 Å². The normalized spacial score (nSPS) is 15.5. The van der Waals surface area contributed by atoms with E-state index >= 15 is 0 Å². The number of nitrogens with zero attached hydrogens (tertiary/aromatic N) is 4. The Morgan fingerprint density at radius 1 is 1.14 bits per heavy atom. The van der Waals surface area contributed by atoms with Crippen molar-refractivity contribution in [3.8, 4) is 5.69 Å². The molecular weight excluding hydrogens is 375 g/mol. The number of halogens is 1. The largest absolute Gasteiger partial charge is 0.341 e. The van der Waals surface area contributed by atoms with Crippen LogP contribution in [0.4, 0.5) is 4.39 Å². The summed E-state index contributed by atoms with van der Waals surface area (Å²) in [6, 6.07) is 8.44. The van der Waals surface area contributed by atoms with E-state index in [0.29, 0.717) is 12.1 Å². The van der Waals surface area contributed by atoms with Crippen LogP contribution in [0.2, 0.25) is 0 Å². The van der Waals surface area contributed by atoms with Gasteiger partial charge in [0.2, 0.25) is 5.91 Å². The monoisotopic (exact) mass is 398 g/mol. The summed E-state index contributed by atoms with van der Waals surface area (Å²) in [5.41, 5.74) is 2.90. The first-order valence-electron chi connectivity index (χ1n) is 9.48. The van der Waals surface area contributed by atoms with Crippen molar-refractivity contribution in [2.45, 2.75) is 19.4 Å². The fourth-order valence-electron chi connectivity index (χ4n) is 3.52. The van der Waals surface area contributed by atoms with Gasteiger partial charge in [-0.2, -0.15) is 16.4 Å². The average molecular weight is 399 g/mol. The molecule has 1 saturated heterocycles. The number of benzene rings is 1. The maximum atomic E-state index is 13.4.